The van der Waals surface area contributed by atoms with Gasteiger partial charge in [0.15, 0.2) is 23.3 Å². The number of ether oxygens (including phenoxy) is 1. The van der Waals surface area contributed by atoms with E-state index in [-0.39, 0.29) is 17.7 Å². The minimum Gasteiger partial charge on any atom is -0.374 e. The Balaban J connectivity index is 1.99. The van der Waals surface area contributed by atoms with E-state index in [0.717, 1.165) is 19.2 Å². The third-order valence-electron chi connectivity index (χ3n) is 2.91. The average molecular weight is 273 g/mol. The lowest BCUT2D eigenvalue weighted by atomic mass is 10.3. The number of hydrazine groups is 1. The first-order valence-corrected chi connectivity index (χ1v) is 5.97. The van der Waals surface area contributed by atoms with Crippen molar-refractivity contribution < 1.29 is 13.5 Å². The van der Waals surface area contributed by atoms with Gasteiger partial charge in [0.1, 0.15) is 0 Å². The van der Waals surface area contributed by atoms with Gasteiger partial charge in [-0.3, -0.25) is 0 Å². The van der Waals surface area contributed by atoms with Gasteiger partial charge in [-0.05, 0) is 7.05 Å². The van der Waals surface area contributed by atoms with Crippen molar-refractivity contribution in [3.63, 3.8) is 0 Å². The molecule has 1 unspecified atom stereocenters. The largest absolute Gasteiger partial charge is 0.374 e. The van der Waals surface area contributed by atoms with Gasteiger partial charge in [-0.1, -0.05) is 0 Å². The molecular weight excluding hydrogens is 256 g/mol. The third kappa shape index (κ3) is 3.49. The summed E-state index contributed by atoms with van der Waals surface area (Å²) < 4.78 is 32.2. The first-order chi connectivity index (χ1) is 9.10. The molecule has 106 valence electrons. The van der Waals surface area contributed by atoms with Crippen LogP contribution in [0.1, 0.15) is 0 Å². The Morgan fingerprint density at radius 1 is 1.47 bits per heavy atom. The summed E-state index contributed by atoms with van der Waals surface area (Å²) in [6.07, 6.45) is -0.0562. The maximum atomic E-state index is 13.5. The molecule has 1 atom stereocenters. The van der Waals surface area contributed by atoms with Crippen LogP contribution in [-0.2, 0) is 4.74 Å². The summed E-state index contributed by atoms with van der Waals surface area (Å²) in [6, 6.07) is 0.735. The van der Waals surface area contributed by atoms with E-state index in [4.69, 9.17) is 10.6 Å². The first kappa shape index (κ1) is 13.9. The molecule has 0 radical (unpaired) electrons. The van der Waals surface area contributed by atoms with E-state index in [2.05, 4.69) is 20.6 Å². The fraction of sp³-hybridized carbons (Fsp3) is 0.545. The molecule has 0 amide bonds. The summed E-state index contributed by atoms with van der Waals surface area (Å²) in [6.45, 7) is 2.65. The zero-order chi connectivity index (χ0) is 13.8. The van der Waals surface area contributed by atoms with Gasteiger partial charge < -0.3 is 20.4 Å². The lowest BCUT2D eigenvalue weighted by Gasteiger charge is -2.30. The SMILES string of the molecule is CN1CCOC(CNc2nc(NN)c(F)cc2F)C1. The van der Waals surface area contributed by atoms with Gasteiger partial charge >= 0.3 is 0 Å². The van der Waals surface area contributed by atoms with Crippen molar-refractivity contribution in [2.45, 2.75) is 6.10 Å². The predicted molar refractivity (Wildman–Crippen MR) is 67.7 cm³/mol. The number of rotatable bonds is 4. The molecule has 1 aromatic rings. The summed E-state index contributed by atoms with van der Waals surface area (Å²) in [4.78, 5) is 5.85. The van der Waals surface area contributed by atoms with E-state index < -0.39 is 11.6 Å². The summed E-state index contributed by atoms with van der Waals surface area (Å²) in [5.41, 5.74) is 2.08. The molecule has 0 bridgehead atoms. The number of halogens is 2. The molecule has 1 fully saturated rings. The van der Waals surface area contributed by atoms with Gasteiger partial charge in [-0.25, -0.2) is 19.6 Å². The molecule has 0 aliphatic carbocycles. The van der Waals surface area contributed by atoms with Crippen LogP contribution >= 0.6 is 0 Å². The maximum Gasteiger partial charge on any atom is 0.178 e. The molecule has 6 nitrogen and oxygen atoms in total. The highest BCUT2D eigenvalue weighted by Crippen LogP contribution is 2.18. The molecule has 1 saturated heterocycles. The highest BCUT2D eigenvalue weighted by atomic mass is 19.1. The van der Waals surface area contributed by atoms with Gasteiger partial charge in [0.2, 0.25) is 0 Å². The van der Waals surface area contributed by atoms with Gasteiger partial charge in [-0.2, -0.15) is 0 Å². The molecule has 2 heterocycles. The van der Waals surface area contributed by atoms with Crippen LogP contribution in [0.3, 0.4) is 0 Å². The maximum absolute atomic E-state index is 13.5. The standard InChI is InChI=1S/C11H17F2N5O/c1-18-2-3-19-7(6-18)5-15-10-8(12)4-9(13)11(16-10)17-14/h4,7H,2-3,5-6,14H2,1H3,(H2,15,16,17). The normalized spacial score (nSPS) is 20.3. The van der Waals surface area contributed by atoms with E-state index in [9.17, 15) is 8.78 Å². The second-order valence-electron chi connectivity index (χ2n) is 4.43. The zero-order valence-corrected chi connectivity index (χ0v) is 10.6. The molecule has 4 N–H and O–H groups in total. The average Bonchev–Trinajstić information content (AvgIpc) is 2.38. The van der Waals surface area contributed by atoms with E-state index in [1.165, 1.54) is 0 Å². The Labute approximate surface area is 109 Å². The van der Waals surface area contributed by atoms with Crippen molar-refractivity contribution in [1.82, 2.24) is 9.88 Å². The smallest absolute Gasteiger partial charge is 0.178 e. The van der Waals surface area contributed by atoms with Crippen molar-refractivity contribution in [3.8, 4) is 0 Å². The lowest BCUT2D eigenvalue weighted by molar-refractivity contribution is -0.0117. The Morgan fingerprint density at radius 3 is 2.89 bits per heavy atom. The fourth-order valence-electron chi connectivity index (χ4n) is 1.89. The van der Waals surface area contributed by atoms with E-state index in [0.29, 0.717) is 13.2 Å². The van der Waals surface area contributed by atoms with E-state index in [1.54, 1.807) is 0 Å². The van der Waals surface area contributed by atoms with Crippen LogP contribution in [-0.4, -0.2) is 49.3 Å². The summed E-state index contributed by atoms with van der Waals surface area (Å²) in [5, 5.41) is 2.81. The quantitative estimate of drug-likeness (QED) is 0.544. The van der Waals surface area contributed by atoms with Crippen molar-refractivity contribution in [1.29, 1.82) is 0 Å². The van der Waals surface area contributed by atoms with E-state index in [1.807, 2.05) is 7.05 Å². The predicted octanol–water partition coefficient (Wildman–Crippen LogP) is 0.388. The Morgan fingerprint density at radius 2 is 2.21 bits per heavy atom. The number of pyridine rings is 1. The van der Waals surface area contributed by atoms with Crippen LogP contribution in [0.2, 0.25) is 0 Å². The number of likely N-dealkylation sites (N-methyl/N-ethyl adjacent to an activating group) is 1. The van der Waals surface area contributed by atoms with Gasteiger partial charge in [0, 0.05) is 25.7 Å². The number of hydrogen-bond donors (Lipinski definition) is 3. The number of nitrogens with zero attached hydrogens (tertiary/aromatic N) is 2. The van der Waals surface area contributed by atoms with Crippen molar-refractivity contribution in [3.05, 3.63) is 17.7 Å². The highest BCUT2D eigenvalue weighted by molar-refractivity contribution is 5.46. The molecule has 0 spiro atoms. The van der Waals surface area contributed by atoms with Gasteiger partial charge in [0.05, 0.1) is 12.7 Å². The molecule has 8 heteroatoms. The third-order valence-corrected chi connectivity index (χ3v) is 2.91. The molecule has 0 aromatic carbocycles. The number of hydrogen-bond acceptors (Lipinski definition) is 6. The Hall–Kier alpha value is -1.51. The summed E-state index contributed by atoms with van der Waals surface area (Å²) in [5.74, 6) is 3.24. The second-order valence-corrected chi connectivity index (χ2v) is 4.43. The Kier molecular flexibility index (Phi) is 4.46. The van der Waals surface area contributed by atoms with Crippen LogP contribution in [0.4, 0.5) is 20.4 Å². The number of morpholine rings is 1. The Bertz CT molecular complexity index is 445. The number of nitrogens with two attached hydrogens (primary N) is 1. The zero-order valence-electron chi connectivity index (χ0n) is 10.6. The number of nitrogen functional groups attached to an aromatic ring is 1. The van der Waals surface area contributed by atoms with Crippen molar-refractivity contribution in [2.24, 2.45) is 5.84 Å². The summed E-state index contributed by atoms with van der Waals surface area (Å²) >= 11 is 0. The molecule has 19 heavy (non-hydrogen) atoms. The molecule has 1 aliphatic heterocycles. The van der Waals surface area contributed by atoms with Gasteiger partial charge in [0.25, 0.3) is 0 Å². The highest BCUT2D eigenvalue weighted by Gasteiger charge is 2.18. The van der Waals surface area contributed by atoms with E-state index >= 15 is 0 Å². The first-order valence-electron chi connectivity index (χ1n) is 5.97. The number of nitrogens with one attached hydrogen (secondary N) is 2. The van der Waals surface area contributed by atoms with Crippen LogP contribution in [0.25, 0.3) is 0 Å². The van der Waals surface area contributed by atoms with Crippen LogP contribution < -0.4 is 16.6 Å². The minimum absolute atomic E-state index is 0.0498. The molecular formula is C11H17F2N5O. The monoisotopic (exact) mass is 273 g/mol. The number of aromatic nitrogens is 1. The van der Waals surface area contributed by atoms with Crippen LogP contribution in [0.15, 0.2) is 6.07 Å². The van der Waals surface area contributed by atoms with Gasteiger partial charge in [-0.15, -0.1) is 0 Å². The molecule has 1 aliphatic rings. The topological polar surface area (TPSA) is 75.4 Å². The number of anilines is 2. The lowest BCUT2D eigenvalue weighted by Crippen LogP contribution is -2.43. The molecule has 2 rings (SSSR count). The van der Waals surface area contributed by atoms with Crippen molar-refractivity contribution in [2.75, 3.05) is 44.0 Å². The minimum atomic E-state index is -0.834. The fourth-order valence-corrected chi connectivity index (χ4v) is 1.89. The molecule has 1 aromatic heterocycles. The molecule has 0 saturated carbocycles. The van der Waals surface area contributed by atoms with Crippen LogP contribution in [0, 0.1) is 11.6 Å². The van der Waals surface area contributed by atoms with Crippen LogP contribution in [0.5, 0.6) is 0 Å². The van der Waals surface area contributed by atoms with Crippen molar-refractivity contribution >= 4 is 11.6 Å². The summed E-state index contributed by atoms with van der Waals surface area (Å²) in [7, 11) is 1.99. The second kappa shape index (κ2) is 6.09.